The van der Waals surface area contributed by atoms with Gasteiger partial charge in [-0.1, -0.05) is 0 Å². The molecule has 0 N–H and O–H groups in total. The van der Waals surface area contributed by atoms with E-state index in [1.807, 2.05) is 6.07 Å². The van der Waals surface area contributed by atoms with Gasteiger partial charge in [-0.15, -0.1) is 11.8 Å². The van der Waals surface area contributed by atoms with Crippen LogP contribution < -0.4 is 0 Å². The van der Waals surface area contributed by atoms with E-state index in [0.29, 0.717) is 5.75 Å². The number of benzene rings is 1. The highest BCUT2D eigenvalue weighted by Gasteiger charge is 2.14. The molecule has 0 spiro atoms. The maximum absolute atomic E-state index is 10.8. The first-order valence-electron chi connectivity index (χ1n) is 5.04. The number of nitriles is 1. The number of nitro benzene ring substituents is 1. The van der Waals surface area contributed by atoms with Crippen LogP contribution in [0.4, 0.5) is 5.69 Å². The maximum Gasteiger partial charge on any atom is 0.288 e. The molecule has 6 heteroatoms. The predicted octanol–water partition coefficient (Wildman–Crippen LogP) is 3.35. The lowest BCUT2D eigenvalue weighted by atomic mass is 10.2. The number of hydrogen-bond acceptors (Lipinski definition) is 5. The van der Waals surface area contributed by atoms with Crippen LogP contribution in [-0.2, 0) is 5.75 Å². The lowest BCUT2D eigenvalue weighted by Gasteiger charge is -2.00. The summed E-state index contributed by atoms with van der Waals surface area (Å²) in [5.74, 6) is 1.39. The van der Waals surface area contributed by atoms with E-state index in [1.54, 1.807) is 24.5 Å². The molecule has 0 atom stereocenters. The summed E-state index contributed by atoms with van der Waals surface area (Å²) in [4.78, 5) is 11.0. The van der Waals surface area contributed by atoms with Crippen LogP contribution >= 0.6 is 11.8 Å². The summed E-state index contributed by atoms with van der Waals surface area (Å²) in [7, 11) is 0. The fourth-order valence-electron chi connectivity index (χ4n) is 1.40. The lowest BCUT2D eigenvalue weighted by molar-refractivity contribution is -0.385. The van der Waals surface area contributed by atoms with Crippen LogP contribution in [0, 0.1) is 21.4 Å². The highest BCUT2D eigenvalue weighted by atomic mass is 32.2. The molecule has 5 nitrogen and oxygen atoms in total. The molecule has 0 bridgehead atoms. The molecule has 2 aromatic rings. The van der Waals surface area contributed by atoms with E-state index in [4.69, 9.17) is 9.68 Å². The summed E-state index contributed by atoms with van der Waals surface area (Å²) < 4.78 is 5.17. The van der Waals surface area contributed by atoms with Gasteiger partial charge >= 0.3 is 0 Å². The predicted molar refractivity (Wildman–Crippen MR) is 66.1 cm³/mol. The van der Waals surface area contributed by atoms with Crippen LogP contribution in [0.5, 0.6) is 0 Å². The van der Waals surface area contributed by atoms with E-state index in [-0.39, 0.29) is 11.3 Å². The average molecular weight is 260 g/mol. The Hall–Kier alpha value is -2.26. The van der Waals surface area contributed by atoms with Crippen molar-refractivity contribution in [2.75, 3.05) is 0 Å². The first-order valence-corrected chi connectivity index (χ1v) is 6.03. The molecule has 0 fully saturated rings. The summed E-state index contributed by atoms with van der Waals surface area (Å²) in [5, 5.41) is 19.6. The van der Waals surface area contributed by atoms with Crippen molar-refractivity contribution in [2.45, 2.75) is 10.6 Å². The molecule has 0 saturated carbocycles. The number of thioether (sulfide) groups is 1. The van der Waals surface area contributed by atoms with Gasteiger partial charge in [0.25, 0.3) is 5.69 Å². The van der Waals surface area contributed by atoms with Gasteiger partial charge in [0, 0.05) is 11.0 Å². The van der Waals surface area contributed by atoms with E-state index in [0.717, 1.165) is 10.7 Å². The molecule has 2 rings (SSSR count). The minimum absolute atomic E-state index is 0.0716. The third-order valence-electron chi connectivity index (χ3n) is 2.25. The van der Waals surface area contributed by atoms with E-state index >= 15 is 0 Å². The van der Waals surface area contributed by atoms with Crippen molar-refractivity contribution in [1.82, 2.24) is 0 Å². The molecule has 1 aromatic carbocycles. The van der Waals surface area contributed by atoms with Crippen LogP contribution in [0.2, 0.25) is 0 Å². The van der Waals surface area contributed by atoms with Crippen LogP contribution in [0.1, 0.15) is 11.3 Å². The van der Waals surface area contributed by atoms with Crippen molar-refractivity contribution >= 4 is 17.4 Å². The number of nitrogens with zero attached hydrogens (tertiary/aromatic N) is 2. The fraction of sp³-hybridized carbons (Fsp3) is 0.0833. The van der Waals surface area contributed by atoms with Crippen LogP contribution in [0.25, 0.3) is 0 Å². The van der Waals surface area contributed by atoms with E-state index in [2.05, 4.69) is 0 Å². The number of hydrogen-bond donors (Lipinski definition) is 0. The van der Waals surface area contributed by atoms with Gasteiger partial charge in [-0.3, -0.25) is 10.1 Å². The molecule has 0 radical (unpaired) electrons. The lowest BCUT2D eigenvalue weighted by Crippen LogP contribution is -1.92. The Kier molecular flexibility index (Phi) is 3.65. The molecule has 0 amide bonds. The van der Waals surface area contributed by atoms with Crippen molar-refractivity contribution in [1.29, 1.82) is 5.26 Å². The summed E-state index contributed by atoms with van der Waals surface area (Å²) >= 11 is 1.42. The third-order valence-corrected chi connectivity index (χ3v) is 3.26. The normalized spacial score (nSPS) is 9.94. The molecular formula is C12H8N2O3S. The van der Waals surface area contributed by atoms with Gasteiger partial charge in [0.2, 0.25) is 0 Å². The van der Waals surface area contributed by atoms with Gasteiger partial charge in [-0.05, 0) is 24.3 Å². The van der Waals surface area contributed by atoms with E-state index < -0.39 is 4.92 Å². The summed E-state index contributed by atoms with van der Waals surface area (Å²) in [5.41, 5.74) is -0.0932. The zero-order valence-electron chi connectivity index (χ0n) is 9.20. The smallest absolute Gasteiger partial charge is 0.288 e. The Morgan fingerprint density at radius 1 is 1.44 bits per heavy atom. The first kappa shape index (κ1) is 12.2. The first-order chi connectivity index (χ1) is 8.70. The molecular weight excluding hydrogens is 252 g/mol. The molecule has 90 valence electrons. The van der Waals surface area contributed by atoms with Gasteiger partial charge in [0.1, 0.15) is 17.4 Å². The Balaban J connectivity index is 2.17. The Labute approximate surface area is 107 Å². The van der Waals surface area contributed by atoms with Crippen LogP contribution in [0.15, 0.2) is 45.9 Å². The maximum atomic E-state index is 10.8. The van der Waals surface area contributed by atoms with Gasteiger partial charge in [-0.25, -0.2) is 0 Å². The second kappa shape index (κ2) is 5.38. The zero-order chi connectivity index (χ0) is 13.0. The summed E-state index contributed by atoms with van der Waals surface area (Å²) in [6.07, 6.45) is 1.58. The SMILES string of the molecule is N#Cc1ccc(SCc2ccco2)cc1[N+](=O)[O-]. The van der Waals surface area contributed by atoms with Gasteiger partial charge in [0.15, 0.2) is 0 Å². The van der Waals surface area contributed by atoms with Crippen molar-refractivity contribution in [2.24, 2.45) is 0 Å². The minimum atomic E-state index is -0.546. The third kappa shape index (κ3) is 2.70. The van der Waals surface area contributed by atoms with Crippen LogP contribution in [-0.4, -0.2) is 4.92 Å². The Morgan fingerprint density at radius 3 is 2.89 bits per heavy atom. The number of rotatable bonds is 4. The summed E-state index contributed by atoms with van der Waals surface area (Å²) in [6.45, 7) is 0. The summed E-state index contributed by atoms with van der Waals surface area (Å²) in [6, 6.07) is 9.99. The molecule has 0 unspecified atom stereocenters. The average Bonchev–Trinajstić information content (AvgIpc) is 2.89. The van der Waals surface area contributed by atoms with E-state index in [9.17, 15) is 10.1 Å². The van der Waals surface area contributed by atoms with Crippen LogP contribution in [0.3, 0.4) is 0 Å². The molecule has 1 heterocycles. The van der Waals surface area contributed by atoms with Crippen molar-refractivity contribution < 1.29 is 9.34 Å². The standard InChI is InChI=1S/C12H8N2O3S/c13-7-9-3-4-11(6-12(9)14(15)16)18-8-10-2-1-5-17-10/h1-6H,8H2. The quantitative estimate of drug-likeness (QED) is 0.478. The molecule has 18 heavy (non-hydrogen) atoms. The number of furan rings is 1. The highest BCUT2D eigenvalue weighted by Crippen LogP contribution is 2.28. The fourth-order valence-corrected chi connectivity index (χ4v) is 2.23. The molecule has 0 saturated heterocycles. The molecule has 0 aliphatic carbocycles. The van der Waals surface area contributed by atoms with Crippen molar-refractivity contribution in [3.05, 3.63) is 58.0 Å². The van der Waals surface area contributed by atoms with Crippen molar-refractivity contribution in [3.63, 3.8) is 0 Å². The topological polar surface area (TPSA) is 80.1 Å². The van der Waals surface area contributed by atoms with Gasteiger partial charge in [-0.2, -0.15) is 5.26 Å². The largest absolute Gasteiger partial charge is 0.468 e. The second-order valence-corrected chi connectivity index (χ2v) is 4.46. The molecule has 0 aliphatic rings. The monoisotopic (exact) mass is 260 g/mol. The Morgan fingerprint density at radius 2 is 2.28 bits per heavy atom. The molecule has 1 aromatic heterocycles. The zero-order valence-corrected chi connectivity index (χ0v) is 10.0. The molecule has 0 aliphatic heterocycles. The second-order valence-electron chi connectivity index (χ2n) is 3.42. The highest BCUT2D eigenvalue weighted by molar-refractivity contribution is 7.98. The van der Waals surface area contributed by atoms with Gasteiger partial charge in [0.05, 0.1) is 16.9 Å². The Bertz CT molecular complexity index is 602. The van der Waals surface area contributed by atoms with Gasteiger partial charge < -0.3 is 4.42 Å². The minimum Gasteiger partial charge on any atom is -0.468 e. The van der Waals surface area contributed by atoms with E-state index in [1.165, 1.54) is 23.9 Å². The number of nitro groups is 1. The van der Waals surface area contributed by atoms with Crippen molar-refractivity contribution in [3.8, 4) is 6.07 Å².